The van der Waals surface area contributed by atoms with Crippen LogP contribution in [0.1, 0.15) is 11.1 Å². The summed E-state index contributed by atoms with van der Waals surface area (Å²) in [4.78, 5) is 14.3. The lowest BCUT2D eigenvalue weighted by atomic mass is 10.1. The van der Waals surface area contributed by atoms with Gasteiger partial charge in [0.1, 0.15) is 0 Å². The van der Waals surface area contributed by atoms with E-state index in [1.54, 1.807) is 12.0 Å². The van der Waals surface area contributed by atoms with E-state index in [1.807, 2.05) is 54.1 Å². The quantitative estimate of drug-likeness (QED) is 0.504. The van der Waals surface area contributed by atoms with E-state index in [2.05, 4.69) is 29.3 Å². The third-order valence-corrected chi connectivity index (χ3v) is 5.48. The minimum Gasteiger partial charge on any atom is -0.383 e. The highest BCUT2D eigenvalue weighted by atomic mass is 32.2. The van der Waals surface area contributed by atoms with E-state index >= 15 is 0 Å². The molecule has 29 heavy (non-hydrogen) atoms. The van der Waals surface area contributed by atoms with Crippen LogP contribution in [0.3, 0.4) is 0 Å². The maximum Gasteiger partial charge on any atom is 0.233 e. The third-order valence-electron chi connectivity index (χ3n) is 4.53. The number of aromatic nitrogens is 3. The van der Waals surface area contributed by atoms with Gasteiger partial charge in [-0.2, -0.15) is 0 Å². The van der Waals surface area contributed by atoms with Crippen molar-refractivity contribution in [2.45, 2.75) is 25.2 Å². The Balaban J connectivity index is 1.70. The van der Waals surface area contributed by atoms with Crippen LogP contribution in [0, 0.1) is 6.92 Å². The number of aryl methyl sites for hydroxylation is 1. The minimum atomic E-state index is 0.0530. The van der Waals surface area contributed by atoms with Crippen molar-refractivity contribution in [3.63, 3.8) is 0 Å². The molecule has 6 nitrogen and oxygen atoms in total. The molecule has 0 spiro atoms. The minimum absolute atomic E-state index is 0.0530. The summed E-state index contributed by atoms with van der Waals surface area (Å²) >= 11 is 1.41. The van der Waals surface area contributed by atoms with Crippen LogP contribution in [0.5, 0.6) is 0 Å². The van der Waals surface area contributed by atoms with Gasteiger partial charge in [-0.3, -0.25) is 9.36 Å². The number of nitrogens with zero attached hydrogens (tertiary/aromatic N) is 4. The molecule has 1 aromatic heterocycles. The monoisotopic (exact) mass is 410 g/mol. The third kappa shape index (κ3) is 5.68. The Morgan fingerprint density at radius 2 is 1.93 bits per heavy atom. The maximum absolute atomic E-state index is 12.6. The molecule has 2 aromatic carbocycles. The lowest BCUT2D eigenvalue weighted by Crippen LogP contribution is -2.27. The second-order valence-electron chi connectivity index (χ2n) is 6.84. The topological polar surface area (TPSA) is 60.2 Å². The van der Waals surface area contributed by atoms with Gasteiger partial charge in [0.2, 0.25) is 5.91 Å². The fourth-order valence-electron chi connectivity index (χ4n) is 2.96. The summed E-state index contributed by atoms with van der Waals surface area (Å²) < 4.78 is 7.28. The fourth-order valence-corrected chi connectivity index (χ4v) is 3.86. The van der Waals surface area contributed by atoms with Crippen molar-refractivity contribution in [1.82, 2.24) is 19.7 Å². The first kappa shape index (κ1) is 21.1. The second-order valence-corrected chi connectivity index (χ2v) is 7.79. The molecule has 0 aliphatic rings. The molecule has 0 saturated carbocycles. The fraction of sp³-hybridized carbons (Fsp3) is 0.318. The number of ether oxygens (including phenoxy) is 1. The van der Waals surface area contributed by atoms with Gasteiger partial charge in [0.05, 0.1) is 18.9 Å². The number of benzene rings is 2. The molecule has 0 aliphatic heterocycles. The molecular formula is C22H26N4O2S. The summed E-state index contributed by atoms with van der Waals surface area (Å²) in [6, 6.07) is 18.1. The molecule has 0 saturated heterocycles. The van der Waals surface area contributed by atoms with E-state index in [0.717, 1.165) is 27.7 Å². The smallest absolute Gasteiger partial charge is 0.233 e. The Morgan fingerprint density at radius 1 is 1.14 bits per heavy atom. The molecular weight excluding hydrogens is 384 g/mol. The summed E-state index contributed by atoms with van der Waals surface area (Å²) in [5.41, 5.74) is 3.28. The Morgan fingerprint density at radius 3 is 2.66 bits per heavy atom. The van der Waals surface area contributed by atoms with Crippen molar-refractivity contribution in [3.8, 4) is 11.4 Å². The van der Waals surface area contributed by atoms with Gasteiger partial charge in [0.25, 0.3) is 0 Å². The molecule has 1 amide bonds. The second kappa shape index (κ2) is 10.2. The van der Waals surface area contributed by atoms with E-state index in [-0.39, 0.29) is 5.91 Å². The van der Waals surface area contributed by atoms with Gasteiger partial charge in [0.15, 0.2) is 11.0 Å². The van der Waals surface area contributed by atoms with Crippen LogP contribution in [-0.4, -0.2) is 52.1 Å². The molecule has 3 rings (SSSR count). The highest BCUT2D eigenvalue weighted by molar-refractivity contribution is 7.99. The van der Waals surface area contributed by atoms with Crippen molar-refractivity contribution < 1.29 is 9.53 Å². The van der Waals surface area contributed by atoms with Crippen molar-refractivity contribution in [2.75, 3.05) is 26.5 Å². The molecule has 1 heterocycles. The molecule has 0 unspecified atom stereocenters. The first-order chi connectivity index (χ1) is 14.1. The molecule has 0 aliphatic carbocycles. The Labute approximate surface area is 175 Å². The molecule has 0 fully saturated rings. The van der Waals surface area contributed by atoms with E-state index in [9.17, 15) is 4.79 Å². The molecule has 7 heteroatoms. The Kier molecular flexibility index (Phi) is 7.43. The lowest BCUT2D eigenvalue weighted by Gasteiger charge is -2.17. The Hall–Kier alpha value is -2.64. The molecule has 0 bridgehead atoms. The normalized spacial score (nSPS) is 10.9. The summed E-state index contributed by atoms with van der Waals surface area (Å²) in [5, 5.41) is 9.44. The van der Waals surface area contributed by atoms with E-state index in [4.69, 9.17) is 4.74 Å². The van der Waals surface area contributed by atoms with Crippen LogP contribution in [0.4, 0.5) is 0 Å². The number of rotatable bonds is 9. The van der Waals surface area contributed by atoms with Crippen molar-refractivity contribution >= 4 is 17.7 Å². The number of thioether (sulfide) groups is 1. The summed E-state index contributed by atoms with van der Waals surface area (Å²) in [7, 11) is 3.50. The van der Waals surface area contributed by atoms with E-state index in [0.29, 0.717) is 25.4 Å². The van der Waals surface area contributed by atoms with Gasteiger partial charge >= 0.3 is 0 Å². The zero-order chi connectivity index (χ0) is 20.6. The van der Waals surface area contributed by atoms with Crippen molar-refractivity contribution in [3.05, 3.63) is 65.7 Å². The van der Waals surface area contributed by atoms with E-state index in [1.165, 1.54) is 11.8 Å². The number of hydrogen-bond acceptors (Lipinski definition) is 5. The maximum atomic E-state index is 12.6. The first-order valence-corrected chi connectivity index (χ1v) is 10.5. The summed E-state index contributed by atoms with van der Waals surface area (Å²) in [6.45, 7) is 3.82. The highest BCUT2D eigenvalue weighted by Gasteiger charge is 2.17. The van der Waals surface area contributed by atoms with E-state index < -0.39 is 0 Å². The zero-order valence-electron chi connectivity index (χ0n) is 17.0. The molecule has 3 aromatic rings. The molecule has 0 atom stereocenters. The van der Waals surface area contributed by atoms with Crippen LogP contribution >= 0.6 is 11.8 Å². The predicted octanol–water partition coefficient (Wildman–Crippen LogP) is 3.65. The summed E-state index contributed by atoms with van der Waals surface area (Å²) in [6.07, 6.45) is 0. The largest absolute Gasteiger partial charge is 0.383 e. The average Bonchev–Trinajstić information content (AvgIpc) is 3.13. The summed E-state index contributed by atoms with van der Waals surface area (Å²) in [5.74, 6) is 1.15. The zero-order valence-corrected chi connectivity index (χ0v) is 17.9. The van der Waals surface area contributed by atoms with Crippen LogP contribution in [0.25, 0.3) is 11.4 Å². The molecule has 0 radical (unpaired) electrons. The molecule has 152 valence electrons. The van der Waals surface area contributed by atoms with Crippen LogP contribution in [0.15, 0.2) is 59.8 Å². The van der Waals surface area contributed by atoms with Gasteiger partial charge < -0.3 is 9.64 Å². The van der Waals surface area contributed by atoms with Crippen LogP contribution in [-0.2, 0) is 22.6 Å². The van der Waals surface area contributed by atoms with Crippen molar-refractivity contribution in [1.29, 1.82) is 0 Å². The van der Waals surface area contributed by atoms with Gasteiger partial charge in [0, 0.05) is 26.3 Å². The van der Waals surface area contributed by atoms with Crippen LogP contribution in [0.2, 0.25) is 0 Å². The SMILES string of the molecule is COCCn1c(SCC(=O)N(C)Cc2ccccc2)nnc1-c1cccc(C)c1. The number of amides is 1. The first-order valence-electron chi connectivity index (χ1n) is 9.48. The average molecular weight is 411 g/mol. The van der Waals surface area contributed by atoms with Gasteiger partial charge in [-0.25, -0.2) is 0 Å². The Bertz CT molecular complexity index is 943. The standard InChI is InChI=1S/C22H26N4O2S/c1-17-8-7-11-19(14-17)21-23-24-22(26(21)12-13-28-3)29-16-20(27)25(2)15-18-9-5-4-6-10-18/h4-11,14H,12-13,15-16H2,1-3H3. The number of methoxy groups -OCH3 is 1. The van der Waals surface area contributed by atoms with Gasteiger partial charge in [-0.05, 0) is 18.6 Å². The number of hydrogen-bond donors (Lipinski definition) is 0. The number of carbonyl (C=O) groups is 1. The highest BCUT2D eigenvalue weighted by Crippen LogP contribution is 2.25. The number of carbonyl (C=O) groups excluding carboxylic acids is 1. The van der Waals surface area contributed by atoms with Gasteiger partial charge in [-0.15, -0.1) is 10.2 Å². The molecule has 0 N–H and O–H groups in total. The van der Waals surface area contributed by atoms with Gasteiger partial charge in [-0.1, -0.05) is 65.9 Å². The lowest BCUT2D eigenvalue weighted by molar-refractivity contribution is -0.127. The van der Waals surface area contributed by atoms with Crippen LogP contribution < -0.4 is 0 Å². The predicted molar refractivity (Wildman–Crippen MR) is 116 cm³/mol. The van der Waals surface area contributed by atoms with Crippen molar-refractivity contribution in [2.24, 2.45) is 0 Å².